The van der Waals surface area contributed by atoms with Crippen molar-refractivity contribution in [2.45, 2.75) is 0 Å². The van der Waals surface area contributed by atoms with Crippen LogP contribution in [0.3, 0.4) is 0 Å². The fraction of sp³-hybridized carbons (Fsp3) is 0.0769. The van der Waals surface area contributed by atoms with Gasteiger partial charge in [-0.05, 0) is 52.3 Å². The minimum Gasteiger partial charge on any atom is -0.484 e. The third kappa shape index (κ3) is 4.71. The Morgan fingerprint density at radius 3 is 2.75 bits per heavy atom. The van der Waals surface area contributed by atoms with Gasteiger partial charge in [0, 0.05) is 5.02 Å². The molecule has 2 aromatic rings. The van der Waals surface area contributed by atoms with Crippen molar-refractivity contribution in [2.24, 2.45) is 5.10 Å². The van der Waals surface area contributed by atoms with Crippen LogP contribution in [0.1, 0.15) is 5.76 Å². The summed E-state index contributed by atoms with van der Waals surface area (Å²) in [6.07, 6.45) is 1.39. The highest BCUT2D eigenvalue weighted by atomic mass is 79.9. The van der Waals surface area contributed by atoms with Gasteiger partial charge < -0.3 is 9.15 Å². The molecule has 104 valence electrons. The van der Waals surface area contributed by atoms with Crippen molar-refractivity contribution in [1.29, 1.82) is 0 Å². The summed E-state index contributed by atoms with van der Waals surface area (Å²) >= 11 is 8.90. The monoisotopic (exact) mass is 356 g/mol. The molecule has 0 unspecified atom stereocenters. The van der Waals surface area contributed by atoms with Gasteiger partial charge in [0.05, 0.1) is 6.21 Å². The van der Waals surface area contributed by atoms with Gasteiger partial charge in [-0.3, -0.25) is 4.79 Å². The molecule has 1 heterocycles. The van der Waals surface area contributed by atoms with Crippen LogP contribution in [-0.2, 0) is 4.79 Å². The minimum absolute atomic E-state index is 0.138. The number of ether oxygens (including phenoxy) is 1. The number of halogens is 2. The van der Waals surface area contributed by atoms with E-state index in [2.05, 4.69) is 26.5 Å². The van der Waals surface area contributed by atoms with Crippen molar-refractivity contribution in [3.05, 3.63) is 51.9 Å². The van der Waals surface area contributed by atoms with E-state index < -0.39 is 0 Å². The maximum absolute atomic E-state index is 11.5. The number of hydrogen-bond acceptors (Lipinski definition) is 4. The Morgan fingerprint density at radius 2 is 2.10 bits per heavy atom. The van der Waals surface area contributed by atoms with Gasteiger partial charge in [0.15, 0.2) is 11.3 Å². The van der Waals surface area contributed by atoms with E-state index in [-0.39, 0.29) is 12.5 Å². The van der Waals surface area contributed by atoms with E-state index in [4.69, 9.17) is 20.8 Å². The molecule has 0 saturated heterocycles. The lowest BCUT2D eigenvalue weighted by molar-refractivity contribution is -0.123. The van der Waals surface area contributed by atoms with Gasteiger partial charge in [0.25, 0.3) is 5.91 Å². The molecule has 0 aliphatic rings. The van der Waals surface area contributed by atoms with Gasteiger partial charge >= 0.3 is 0 Å². The van der Waals surface area contributed by atoms with Crippen LogP contribution in [0, 0.1) is 0 Å². The first-order chi connectivity index (χ1) is 9.63. The van der Waals surface area contributed by atoms with Crippen LogP contribution < -0.4 is 10.2 Å². The number of furan rings is 1. The van der Waals surface area contributed by atoms with Crippen LogP contribution in [0.5, 0.6) is 5.75 Å². The molecule has 0 aliphatic heterocycles. The first-order valence-corrected chi connectivity index (χ1v) is 6.76. The molecule has 0 saturated carbocycles. The average molecular weight is 358 g/mol. The molecule has 5 nitrogen and oxygen atoms in total. The Kier molecular flexibility index (Phi) is 5.20. The second-order valence-electron chi connectivity index (χ2n) is 3.68. The first-order valence-electron chi connectivity index (χ1n) is 5.59. The third-order valence-corrected chi connectivity index (χ3v) is 2.84. The third-order valence-electron chi connectivity index (χ3n) is 2.16. The Hall–Kier alpha value is -1.79. The highest BCUT2D eigenvalue weighted by molar-refractivity contribution is 9.10. The normalized spacial score (nSPS) is 10.7. The summed E-state index contributed by atoms with van der Waals surface area (Å²) in [4.78, 5) is 11.5. The van der Waals surface area contributed by atoms with E-state index in [1.165, 1.54) is 6.21 Å². The Labute approximate surface area is 128 Å². The van der Waals surface area contributed by atoms with E-state index in [0.717, 1.165) is 0 Å². The first kappa shape index (κ1) is 14.6. The van der Waals surface area contributed by atoms with E-state index >= 15 is 0 Å². The fourth-order valence-corrected chi connectivity index (χ4v) is 1.72. The van der Waals surface area contributed by atoms with Crippen LogP contribution in [0.15, 0.2) is 50.6 Å². The Morgan fingerprint density at radius 1 is 1.35 bits per heavy atom. The van der Waals surface area contributed by atoms with Crippen molar-refractivity contribution in [2.75, 3.05) is 6.61 Å². The number of hydrazone groups is 1. The van der Waals surface area contributed by atoms with E-state index in [0.29, 0.717) is 21.2 Å². The number of nitrogens with one attached hydrogen (secondary N) is 1. The van der Waals surface area contributed by atoms with Crippen molar-refractivity contribution in [1.82, 2.24) is 5.43 Å². The van der Waals surface area contributed by atoms with Crippen LogP contribution in [-0.4, -0.2) is 18.7 Å². The molecule has 1 aromatic heterocycles. The lowest BCUT2D eigenvalue weighted by Gasteiger charge is -2.04. The highest BCUT2D eigenvalue weighted by Gasteiger charge is 2.01. The van der Waals surface area contributed by atoms with Crippen LogP contribution in [0.4, 0.5) is 0 Å². The number of hydrogen-bond donors (Lipinski definition) is 1. The Bertz CT molecular complexity index is 610. The molecule has 0 atom stereocenters. The number of carbonyl (C=O) groups excluding carboxylic acids is 1. The largest absolute Gasteiger partial charge is 0.484 e. The van der Waals surface area contributed by atoms with Crippen LogP contribution >= 0.6 is 27.5 Å². The van der Waals surface area contributed by atoms with Gasteiger partial charge in [0.2, 0.25) is 0 Å². The molecule has 1 amide bonds. The lowest BCUT2D eigenvalue weighted by atomic mass is 10.3. The van der Waals surface area contributed by atoms with E-state index in [9.17, 15) is 4.79 Å². The zero-order valence-electron chi connectivity index (χ0n) is 10.2. The van der Waals surface area contributed by atoms with E-state index in [1.807, 2.05) is 0 Å². The van der Waals surface area contributed by atoms with Crippen LogP contribution in [0.25, 0.3) is 0 Å². The Balaban J connectivity index is 1.75. The van der Waals surface area contributed by atoms with Gasteiger partial charge in [-0.2, -0.15) is 5.10 Å². The molecular weight excluding hydrogens is 348 g/mol. The summed E-state index contributed by atoms with van der Waals surface area (Å²) < 4.78 is 11.0. The van der Waals surface area contributed by atoms with Gasteiger partial charge in [-0.15, -0.1) is 0 Å². The average Bonchev–Trinajstić information content (AvgIpc) is 2.84. The molecule has 0 aliphatic carbocycles. The predicted molar refractivity (Wildman–Crippen MR) is 79.1 cm³/mol. The number of amides is 1. The van der Waals surface area contributed by atoms with E-state index in [1.54, 1.807) is 36.4 Å². The SMILES string of the molecule is O=C(COc1ccc(Cl)cc1)N/N=C/c1ccc(Br)o1. The van der Waals surface area contributed by atoms with Crippen molar-refractivity contribution in [3.63, 3.8) is 0 Å². The maximum atomic E-state index is 11.5. The molecule has 1 aromatic carbocycles. The zero-order chi connectivity index (χ0) is 14.4. The highest BCUT2D eigenvalue weighted by Crippen LogP contribution is 2.15. The summed E-state index contributed by atoms with van der Waals surface area (Å²) in [5.74, 6) is 0.709. The second-order valence-corrected chi connectivity index (χ2v) is 4.90. The quantitative estimate of drug-likeness (QED) is 0.660. The number of carbonyl (C=O) groups is 1. The second kappa shape index (κ2) is 7.12. The molecule has 0 fully saturated rings. The standard InChI is InChI=1S/C13H10BrClN2O3/c14-12-6-5-11(20-12)7-16-17-13(18)8-19-10-3-1-9(15)2-4-10/h1-7H,8H2,(H,17,18)/b16-7+. The van der Waals surface area contributed by atoms with Gasteiger partial charge in [-0.25, -0.2) is 5.43 Å². The van der Waals surface area contributed by atoms with Crippen molar-refractivity contribution in [3.8, 4) is 5.75 Å². The summed E-state index contributed by atoms with van der Waals surface area (Å²) in [5.41, 5.74) is 2.33. The smallest absolute Gasteiger partial charge is 0.277 e. The molecule has 0 radical (unpaired) electrons. The number of benzene rings is 1. The van der Waals surface area contributed by atoms with Crippen molar-refractivity contribution < 1.29 is 13.9 Å². The molecular formula is C13H10BrClN2O3. The molecule has 0 bridgehead atoms. The minimum atomic E-state index is -0.373. The summed E-state index contributed by atoms with van der Waals surface area (Å²) in [6.45, 7) is -0.138. The zero-order valence-corrected chi connectivity index (χ0v) is 12.5. The molecule has 2 rings (SSSR count). The predicted octanol–water partition coefficient (Wildman–Crippen LogP) is 3.22. The maximum Gasteiger partial charge on any atom is 0.277 e. The van der Waals surface area contributed by atoms with Crippen LogP contribution in [0.2, 0.25) is 5.02 Å². The summed E-state index contributed by atoms with van der Waals surface area (Å²) in [6, 6.07) is 10.2. The van der Waals surface area contributed by atoms with Crippen molar-refractivity contribution >= 4 is 39.7 Å². The molecule has 20 heavy (non-hydrogen) atoms. The van der Waals surface area contributed by atoms with Gasteiger partial charge in [-0.1, -0.05) is 11.6 Å². The molecule has 1 N–H and O–H groups in total. The number of rotatable bonds is 5. The summed E-state index contributed by atoms with van der Waals surface area (Å²) in [5, 5.41) is 4.35. The van der Waals surface area contributed by atoms with Gasteiger partial charge in [0.1, 0.15) is 11.5 Å². The molecule has 7 heteroatoms. The molecule has 0 spiro atoms. The fourth-order valence-electron chi connectivity index (χ4n) is 1.28. The topological polar surface area (TPSA) is 63.8 Å². The lowest BCUT2D eigenvalue weighted by Crippen LogP contribution is -2.24. The summed E-state index contributed by atoms with van der Waals surface area (Å²) in [7, 11) is 0. The number of nitrogens with zero attached hydrogens (tertiary/aromatic N) is 1.